The Morgan fingerprint density at radius 1 is 1.03 bits per heavy atom. The number of hydrogen-bond acceptors (Lipinski definition) is 4. The van der Waals surface area contributed by atoms with Crippen molar-refractivity contribution in [2.24, 2.45) is 0 Å². The summed E-state index contributed by atoms with van der Waals surface area (Å²) in [5.74, 6) is 2.06. The number of ketones is 1. The zero-order valence-corrected chi connectivity index (χ0v) is 23.0. The zero-order valence-electron chi connectivity index (χ0n) is 23.0. The minimum Gasteiger partial charge on any atom is -0.492 e. The quantitative estimate of drug-likeness (QED) is 0.148. The van der Waals surface area contributed by atoms with Gasteiger partial charge in [0.1, 0.15) is 18.1 Å². The molecule has 0 aliphatic carbocycles. The summed E-state index contributed by atoms with van der Waals surface area (Å²) in [6.07, 6.45) is 12.1. The number of rotatable bonds is 14. The van der Waals surface area contributed by atoms with Crippen molar-refractivity contribution in [3.8, 4) is 5.75 Å². The fourth-order valence-electron chi connectivity index (χ4n) is 4.60. The normalized spacial score (nSPS) is 15.2. The standard InChI is InChI=1S/C34H41NO3/c1-5-30(38-27(3)4)16-13-17-33(32(6-2)29-14-9-7-10-15-29)34(36)26-28-18-20-31(21-19-28)37-25-24-35-22-11-8-12-23-35/h5,7,9-10,13-21H,1,3,6,8,11-12,22-26H2,2,4H3/b17-13+,30-16+,33-32?. The monoisotopic (exact) mass is 511 g/mol. The lowest BCUT2D eigenvalue weighted by molar-refractivity contribution is -0.114. The van der Waals surface area contributed by atoms with E-state index in [4.69, 9.17) is 9.47 Å². The highest BCUT2D eigenvalue weighted by Gasteiger charge is 2.15. The van der Waals surface area contributed by atoms with Crippen LogP contribution in [-0.2, 0) is 16.0 Å². The first-order valence-electron chi connectivity index (χ1n) is 13.6. The Morgan fingerprint density at radius 2 is 1.74 bits per heavy atom. The summed E-state index contributed by atoms with van der Waals surface area (Å²) in [5.41, 5.74) is 3.71. The van der Waals surface area contributed by atoms with Crippen molar-refractivity contribution in [2.75, 3.05) is 26.2 Å². The highest BCUT2D eigenvalue weighted by molar-refractivity contribution is 6.06. The van der Waals surface area contributed by atoms with Crippen molar-refractivity contribution in [1.82, 2.24) is 4.90 Å². The molecule has 0 unspecified atom stereocenters. The highest BCUT2D eigenvalue weighted by atomic mass is 16.5. The fourth-order valence-corrected chi connectivity index (χ4v) is 4.60. The molecular formula is C34H41NO3. The van der Waals surface area contributed by atoms with E-state index >= 15 is 0 Å². The maximum atomic E-state index is 13.6. The zero-order chi connectivity index (χ0) is 27.2. The van der Waals surface area contributed by atoms with Crippen LogP contribution >= 0.6 is 0 Å². The molecular weight excluding hydrogens is 470 g/mol. The Kier molecular flexibility index (Phi) is 11.9. The number of carbonyl (C=O) groups excluding carboxylic acids is 1. The molecule has 0 N–H and O–H groups in total. The van der Waals surface area contributed by atoms with Gasteiger partial charge in [0.25, 0.3) is 0 Å². The maximum Gasteiger partial charge on any atom is 0.167 e. The molecule has 1 saturated heterocycles. The Labute approximate surface area is 228 Å². The molecule has 0 aromatic heterocycles. The molecule has 0 bridgehead atoms. The third kappa shape index (κ3) is 9.35. The van der Waals surface area contributed by atoms with Crippen molar-refractivity contribution < 1.29 is 14.3 Å². The summed E-state index contributed by atoms with van der Waals surface area (Å²) in [5, 5.41) is 0. The number of Topliss-reactive ketones (excluding diaryl/α,β-unsaturated/α-hetero) is 1. The van der Waals surface area contributed by atoms with E-state index in [1.165, 1.54) is 32.4 Å². The number of nitrogens with zero attached hydrogens (tertiary/aromatic N) is 1. The molecule has 4 heteroatoms. The van der Waals surface area contributed by atoms with E-state index < -0.39 is 0 Å². The smallest absolute Gasteiger partial charge is 0.167 e. The Hall–Kier alpha value is -3.63. The average molecular weight is 512 g/mol. The Bertz CT molecular complexity index is 1150. The fraction of sp³-hybridized carbons (Fsp3) is 0.324. The molecule has 0 saturated carbocycles. The van der Waals surface area contributed by atoms with Gasteiger partial charge in [0, 0.05) is 18.5 Å². The van der Waals surface area contributed by atoms with Gasteiger partial charge in [-0.1, -0.05) is 81.1 Å². The number of ether oxygens (including phenoxy) is 2. The molecule has 38 heavy (non-hydrogen) atoms. The first-order valence-corrected chi connectivity index (χ1v) is 13.6. The molecule has 2 aromatic carbocycles. The van der Waals surface area contributed by atoms with Gasteiger partial charge < -0.3 is 9.47 Å². The molecule has 0 spiro atoms. The van der Waals surface area contributed by atoms with Gasteiger partial charge in [0.15, 0.2) is 5.78 Å². The SMILES string of the molecule is C=C/C(=C\C=C\C(C(=O)Cc1ccc(OCCN2CCCCC2)cc1)=C(CC)c1ccccc1)OC(=C)C. The first-order chi connectivity index (χ1) is 18.5. The number of benzene rings is 2. The van der Waals surface area contributed by atoms with Crippen LogP contribution in [0.1, 0.15) is 50.7 Å². The number of piperidine rings is 1. The minimum atomic E-state index is 0.0649. The minimum absolute atomic E-state index is 0.0649. The van der Waals surface area contributed by atoms with Gasteiger partial charge in [-0.3, -0.25) is 9.69 Å². The second-order valence-corrected chi connectivity index (χ2v) is 9.54. The van der Waals surface area contributed by atoms with Crippen LogP contribution in [0.25, 0.3) is 5.57 Å². The molecule has 2 aromatic rings. The van der Waals surface area contributed by atoms with Gasteiger partial charge in [-0.15, -0.1) is 0 Å². The molecule has 1 aliphatic rings. The first kappa shape index (κ1) is 28.9. The Balaban J connectivity index is 1.74. The average Bonchev–Trinajstić information content (AvgIpc) is 2.94. The number of likely N-dealkylation sites (tertiary alicyclic amines) is 1. The van der Waals surface area contributed by atoms with Crippen molar-refractivity contribution in [3.63, 3.8) is 0 Å². The van der Waals surface area contributed by atoms with Crippen molar-refractivity contribution in [1.29, 1.82) is 0 Å². The molecule has 1 heterocycles. The molecule has 0 amide bonds. The summed E-state index contributed by atoms with van der Waals surface area (Å²) >= 11 is 0. The topological polar surface area (TPSA) is 38.8 Å². The van der Waals surface area contributed by atoms with E-state index in [2.05, 4.69) is 25.0 Å². The van der Waals surface area contributed by atoms with Crippen LogP contribution in [0.5, 0.6) is 5.75 Å². The maximum absolute atomic E-state index is 13.6. The molecule has 1 fully saturated rings. The van der Waals surface area contributed by atoms with Gasteiger partial charge in [-0.05, 0) is 80.3 Å². The Morgan fingerprint density at radius 3 is 2.37 bits per heavy atom. The number of allylic oxidation sites excluding steroid dienone is 7. The lowest BCUT2D eigenvalue weighted by Crippen LogP contribution is -2.33. The van der Waals surface area contributed by atoms with E-state index in [-0.39, 0.29) is 5.78 Å². The van der Waals surface area contributed by atoms with Crippen LogP contribution in [0.2, 0.25) is 0 Å². The van der Waals surface area contributed by atoms with Crippen molar-refractivity contribution in [3.05, 3.63) is 120 Å². The van der Waals surface area contributed by atoms with Gasteiger partial charge in [0.2, 0.25) is 0 Å². The van der Waals surface area contributed by atoms with Crippen LogP contribution in [0, 0.1) is 0 Å². The molecule has 200 valence electrons. The summed E-state index contributed by atoms with van der Waals surface area (Å²) < 4.78 is 11.5. The predicted octanol–water partition coefficient (Wildman–Crippen LogP) is 7.70. The van der Waals surface area contributed by atoms with Crippen LogP contribution in [0.4, 0.5) is 0 Å². The third-order valence-corrected chi connectivity index (χ3v) is 6.53. The van der Waals surface area contributed by atoms with Crippen LogP contribution < -0.4 is 4.74 Å². The predicted molar refractivity (Wildman–Crippen MR) is 158 cm³/mol. The molecule has 1 aliphatic heterocycles. The van der Waals surface area contributed by atoms with E-state index in [0.29, 0.717) is 30.1 Å². The van der Waals surface area contributed by atoms with Crippen LogP contribution in [0.15, 0.2) is 109 Å². The van der Waals surface area contributed by atoms with Gasteiger partial charge in [-0.2, -0.15) is 0 Å². The summed E-state index contributed by atoms with van der Waals surface area (Å²) in [6.45, 7) is 15.4. The van der Waals surface area contributed by atoms with Gasteiger partial charge >= 0.3 is 0 Å². The second kappa shape index (κ2) is 15.6. The summed E-state index contributed by atoms with van der Waals surface area (Å²) in [6, 6.07) is 18.0. The number of carbonyl (C=O) groups is 1. The largest absolute Gasteiger partial charge is 0.492 e. The number of hydrogen-bond donors (Lipinski definition) is 0. The molecule has 0 atom stereocenters. The van der Waals surface area contributed by atoms with Crippen LogP contribution in [-0.4, -0.2) is 36.9 Å². The van der Waals surface area contributed by atoms with E-state index in [1.54, 1.807) is 19.1 Å². The lowest BCUT2D eigenvalue weighted by Gasteiger charge is -2.26. The molecule has 0 radical (unpaired) electrons. The molecule has 4 nitrogen and oxygen atoms in total. The van der Waals surface area contributed by atoms with Crippen LogP contribution in [0.3, 0.4) is 0 Å². The highest BCUT2D eigenvalue weighted by Crippen LogP contribution is 2.25. The van der Waals surface area contributed by atoms with E-state index in [0.717, 1.165) is 35.4 Å². The third-order valence-electron chi connectivity index (χ3n) is 6.53. The van der Waals surface area contributed by atoms with E-state index in [1.807, 2.05) is 66.7 Å². The van der Waals surface area contributed by atoms with Gasteiger partial charge in [-0.25, -0.2) is 0 Å². The van der Waals surface area contributed by atoms with Crippen molar-refractivity contribution >= 4 is 11.4 Å². The summed E-state index contributed by atoms with van der Waals surface area (Å²) in [7, 11) is 0. The van der Waals surface area contributed by atoms with E-state index in [9.17, 15) is 4.79 Å². The van der Waals surface area contributed by atoms with Gasteiger partial charge in [0.05, 0.1) is 5.76 Å². The second-order valence-electron chi connectivity index (χ2n) is 9.54. The summed E-state index contributed by atoms with van der Waals surface area (Å²) in [4.78, 5) is 16.1. The lowest BCUT2D eigenvalue weighted by atomic mass is 9.92. The molecule has 3 rings (SSSR count). The van der Waals surface area contributed by atoms with Crippen molar-refractivity contribution in [2.45, 2.75) is 46.0 Å².